The van der Waals surface area contributed by atoms with Gasteiger partial charge in [-0.1, -0.05) is 35.9 Å². The molecule has 116 valence electrons. The SMILES string of the molecule is O=C=Nc1ccc(CONC(=C2CC2)c2ccc(Cl)cc2)cc1. The number of rotatable bonds is 6. The molecule has 0 heterocycles. The van der Waals surface area contributed by atoms with Crippen LogP contribution in [-0.4, -0.2) is 6.08 Å². The lowest BCUT2D eigenvalue weighted by Crippen LogP contribution is -2.13. The van der Waals surface area contributed by atoms with Crippen LogP contribution in [0.4, 0.5) is 5.69 Å². The van der Waals surface area contributed by atoms with Gasteiger partial charge in [0.2, 0.25) is 6.08 Å². The van der Waals surface area contributed by atoms with E-state index in [0.29, 0.717) is 17.3 Å². The zero-order valence-electron chi connectivity index (χ0n) is 12.4. The first-order valence-electron chi connectivity index (χ1n) is 7.29. The van der Waals surface area contributed by atoms with Crippen LogP contribution in [0.3, 0.4) is 0 Å². The number of nitrogens with zero attached hydrogens (tertiary/aromatic N) is 1. The Kier molecular flexibility index (Phi) is 4.89. The maximum atomic E-state index is 10.2. The second-order valence-electron chi connectivity index (χ2n) is 5.25. The summed E-state index contributed by atoms with van der Waals surface area (Å²) in [4.78, 5) is 19.4. The topological polar surface area (TPSA) is 50.7 Å². The van der Waals surface area contributed by atoms with Crippen molar-refractivity contribution < 1.29 is 9.63 Å². The van der Waals surface area contributed by atoms with Gasteiger partial charge in [0.25, 0.3) is 0 Å². The van der Waals surface area contributed by atoms with Gasteiger partial charge in [0.1, 0.15) is 0 Å². The van der Waals surface area contributed by atoms with Gasteiger partial charge in [-0.3, -0.25) is 10.3 Å². The number of hydroxylamine groups is 1. The lowest BCUT2D eigenvalue weighted by molar-refractivity contribution is 0.0644. The van der Waals surface area contributed by atoms with Crippen molar-refractivity contribution in [1.82, 2.24) is 5.48 Å². The van der Waals surface area contributed by atoms with Crippen LogP contribution in [0.2, 0.25) is 5.02 Å². The van der Waals surface area contributed by atoms with Crippen molar-refractivity contribution in [3.63, 3.8) is 0 Å². The molecule has 1 saturated carbocycles. The van der Waals surface area contributed by atoms with Crippen molar-refractivity contribution in [2.45, 2.75) is 19.4 Å². The third kappa shape index (κ3) is 4.30. The molecular formula is C18H15ClN2O2. The monoisotopic (exact) mass is 326 g/mol. The first-order valence-corrected chi connectivity index (χ1v) is 7.66. The van der Waals surface area contributed by atoms with Crippen molar-refractivity contribution in [3.05, 3.63) is 70.3 Å². The highest BCUT2D eigenvalue weighted by atomic mass is 35.5. The van der Waals surface area contributed by atoms with Gasteiger partial charge < -0.3 is 0 Å². The quantitative estimate of drug-likeness (QED) is 0.482. The Bertz CT molecular complexity index is 755. The van der Waals surface area contributed by atoms with Crippen LogP contribution >= 0.6 is 11.6 Å². The maximum absolute atomic E-state index is 10.2. The van der Waals surface area contributed by atoms with Gasteiger partial charge in [0, 0.05) is 5.02 Å². The van der Waals surface area contributed by atoms with Crippen molar-refractivity contribution in [1.29, 1.82) is 0 Å². The van der Waals surface area contributed by atoms with E-state index in [1.165, 1.54) is 11.7 Å². The van der Waals surface area contributed by atoms with Crippen molar-refractivity contribution in [2.75, 3.05) is 0 Å². The maximum Gasteiger partial charge on any atom is 0.240 e. The average Bonchev–Trinajstić information content (AvgIpc) is 3.39. The Balaban J connectivity index is 1.61. The average molecular weight is 327 g/mol. The summed E-state index contributed by atoms with van der Waals surface area (Å²) in [5.74, 6) is 0. The highest BCUT2D eigenvalue weighted by Crippen LogP contribution is 2.35. The van der Waals surface area contributed by atoms with Gasteiger partial charge in [-0.25, -0.2) is 4.79 Å². The Morgan fingerprint density at radius 1 is 1.13 bits per heavy atom. The molecule has 0 atom stereocenters. The van der Waals surface area contributed by atoms with Crippen LogP contribution in [0.15, 0.2) is 59.1 Å². The normalized spacial score (nSPS) is 12.5. The van der Waals surface area contributed by atoms with Crippen LogP contribution in [-0.2, 0) is 16.2 Å². The smallest absolute Gasteiger partial charge is 0.240 e. The second kappa shape index (κ2) is 7.25. The summed E-state index contributed by atoms with van der Waals surface area (Å²) in [6.45, 7) is 0.412. The number of allylic oxidation sites excluding steroid dienone is 1. The van der Waals surface area contributed by atoms with E-state index in [1.54, 1.807) is 12.1 Å². The summed E-state index contributed by atoms with van der Waals surface area (Å²) in [6, 6.07) is 14.9. The fourth-order valence-electron chi connectivity index (χ4n) is 2.18. The molecule has 0 bridgehead atoms. The highest BCUT2D eigenvalue weighted by Gasteiger charge is 2.19. The molecule has 0 spiro atoms. The number of halogens is 1. The molecule has 1 aliphatic carbocycles. The summed E-state index contributed by atoms with van der Waals surface area (Å²) < 4.78 is 0. The lowest BCUT2D eigenvalue weighted by atomic mass is 10.1. The van der Waals surface area contributed by atoms with Crippen LogP contribution in [0.1, 0.15) is 24.0 Å². The molecule has 23 heavy (non-hydrogen) atoms. The molecule has 0 amide bonds. The Labute approximate surface area is 139 Å². The third-order valence-corrected chi connectivity index (χ3v) is 3.76. The minimum Gasteiger partial charge on any atom is -0.271 e. The number of hydrogen-bond donors (Lipinski definition) is 1. The first-order chi connectivity index (χ1) is 11.3. The summed E-state index contributed by atoms with van der Waals surface area (Å²) in [5.41, 5.74) is 8.06. The zero-order valence-corrected chi connectivity index (χ0v) is 13.1. The summed E-state index contributed by atoms with van der Waals surface area (Å²) in [6.07, 6.45) is 3.70. The van der Waals surface area contributed by atoms with E-state index in [0.717, 1.165) is 29.7 Å². The predicted molar refractivity (Wildman–Crippen MR) is 89.8 cm³/mol. The fourth-order valence-corrected chi connectivity index (χ4v) is 2.30. The summed E-state index contributed by atoms with van der Waals surface area (Å²) >= 11 is 5.93. The van der Waals surface area contributed by atoms with Gasteiger partial charge in [-0.05, 0) is 53.8 Å². The number of hydrogen-bond acceptors (Lipinski definition) is 4. The summed E-state index contributed by atoms with van der Waals surface area (Å²) in [7, 11) is 0. The van der Waals surface area contributed by atoms with Gasteiger partial charge in [0.05, 0.1) is 18.0 Å². The molecule has 0 radical (unpaired) electrons. The number of aliphatic imine (C=N–C) groups is 1. The molecule has 0 unspecified atom stereocenters. The molecule has 1 aliphatic rings. The third-order valence-electron chi connectivity index (χ3n) is 3.51. The molecule has 3 rings (SSSR count). The molecule has 4 nitrogen and oxygen atoms in total. The Morgan fingerprint density at radius 3 is 2.43 bits per heavy atom. The number of isocyanates is 1. The van der Waals surface area contributed by atoms with Crippen molar-refractivity contribution in [2.24, 2.45) is 4.99 Å². The van der Waals surface area contributed by atoms with E-state index in [1.807, 2.05) is 36.4 Å². The van der Waals surface area contributed by atoms with E-state index in [9.17, 15) is 4.79 Å². The molecule has 0 saturated heterocycles. The van der Waals surface area contributed by atoms with E-state index < -0.39 is 0 Å². The molecule has 0 aliphatic heterocycles. The number of carbonyl (C=O) groups excluding carboxylic acids is 1. The van der Waals surface area contributed by atoms with Gasteiger partial charge in [-0.15, -0.1) is 0 Å². The molecule has 2 aromatic rings. The standard InChI is InChI=1S/C18H15ClN2O2/c19-16-7-5-15(6-8-16)18(14-3-4-14)21-23-11-13-1-9-17(10-2-13)20-12-22/h1-2,5-10,21H,3-4,11H2. The lowest BCUT2D eigenvalue weighted by Gasteiger charge is -2.12. The Morgan fingerprint density at radius 2 is 1.83 bits per heavy atom. The number of nitrogens with one attached hydrogen (secondary N) is 1. The summed E-state index contributed by atoms with van der Waals surface area (Å²) in [5, 5.41) is 0.716. The van der Waals surface area contributed by atoms with Crippen LogP contribution in [0.25, 0.3) is 5.70 Å². The van der Waals surface area contributed by atoms with E-state index in [-0.39, 0.29) is 0 Å². The molecule has 0 aromatic heterocycles. The number of benzene rings is 2. The van der Waals surface area contributed by atoms with Gasteiger partial charge >= 0.3 is 0 Å². The van der Waals surface area contributed by atoms with Gasteiger partial charge in [0.15, 0.2) is 0 Å². The van der Waals surface area contributed by atoms with E-state index in [2.05, 4.69) is 10.5 Å². The molecule has 1 fully saturated rings. The van der Waals surface area contributed by atoms with Crippen LogP contribution in [0.5, 0.6) is 0 Å². The first kappa shape index (κ1) is 15.5. The van der Waals surface area contributed by atoms with E-state index in [4.69, 9.17) is 16.4 Å². The molecule has 1 N–H and O–H groups in total. The Hall–Kier alpha value is -2.39. The van der Waals surface area contributed by atoms with Crippen molar-refractivity contribution in [3.8, 4) is 0 Å². The van der Waals surface area contributed by atoms with Crippen LogP contribution in [0, 0.1) is 0 Å². The van der Waals surface area contributed by atoms with Gasteiger partial charge in [-0.2, -0.15) is 4.99 Å². The predicted octanol–water partition coefficient (Wildman–Crippen LogP) is 4.53. The second-order valence-corrected chi connectivity index (χ2v) is 5.68. The highest BCUT2D eigenvalue weighted by molar-refractivity contribution is 6.30. The minimum absolute atomic E-state index is 0.412. The molecular weight excluding hydrogens is 312 g/mol. The molecule has 2 aromatic carbocycles. The zero-order chi connectivity index (χ0) is 16.1. The molecule has 5 heteroatoms. The minimum atomic E-state index is 0.412. The van der Waals surface area contributed by atoms with Crippen LogP contribution < -0.4 is 5.48 Å². The largest absolute Gasteiger partial charge is 0.271 e. The van der Waals surface area contributed by atoms with Crippen molar-refractivity contribution >= 4 is 29.1 Å². The fraction of sp³-hybridized carbons (Fsp3) is 0.167. The van der Waals surface area contributed by atoms with E-state index >= 15 is 0 Å².